The van der Waals surface area contributed by atoms with Crippen LogP contribution in [0, 0.1) is 0 Å². The van der Waals surface area contributed by atoms with Crippen LogP contribution in [0.25, 0.3) is 16.6 Å². The molecule has 9 nitrogen and oxygen atoms in total. The Morgan fingerprint density at radius 2 is 1.88 bits per heavy atom. The number of aromatic amines is 1. The van der Waals surface area contributed by atoms with Gasteiger partial charge in [0, 0.05) is 34.8 Å². The van der Waals surface area contributed by atoms with Crippen LogP contribution in [0.15, 0.2) is 83.1 Å². The van der Waals surface area contributed by atoms with Crippen molar-refractivity contribution in [2.45, 2.75) is 24.0 Å². The van der Waals surface area contributed by atoms with Crippen LogP contribution >= 0.6 is 0 Å². The second kappa shape index (κ2) is 8.64. The minimum absolute atomic E-state index is 0.231. The molecule has 0 saturated heterocycles. The Morgan fingerprint density at radius 3 is 2.74 bits per heavy atom. The first-order chi connectivity index (χ1) is 16.4. The first-order valence-corrected chi connectivity index (χ1v) is 12.3. The van der Waals surface area contributed by atoms with Crippen molar-refractivity contribution in [2.75, 3.05) is 10.7 Å². The minimum Gasteiger partial charge on any atom is -0.361 e. The Balaban J connectivity index is 1.47. The molecule has 5 rings (SSSR count). The molecule has 0 spiro atoms. The SMILES string of the molecule is CC(C)S(=O)(=O)c1ccccc1Nc1cc(NN=Cc2c[nH]c3ccccc23)nc2ccnn12. The maximum absolute atomic E-state index is 12.9. The second-order valence-electron chi connectivity index (χ2n) is 8.00. The molecule has 0 unspecified atom stereocenters. The van der Waals surface area contributed by atoms with Gasteiger partial charge in [0.25, 0.3) is 0 Å². The van der Waals surface area contributed by atoms with Crippen molar-refractivity contribution in [2.24, 2.45) is 5.10 Å². The van der Waals surface area contributed by atoms with Gasteiger partial charge in [-0.1, -0.05) is 30.3 Å². The third-order valence-electron chi connectivity index (χ3n) is 5.44. The average molecular weight is 474 g/mol. The molecule has 0 atom stereocenters. The smallest absolute Gasteiger partial charge is 0.182 e. The highest BCUT2D eigenvalue weighted by molar-refractivity contribution is 7.92. The van der Waals surface area contributed by atoms with Crippen LogP contribution in [0.1, 0.15) is 19.4 Å². The lowest BCUT2D eigenvalue weighted by atomic mass is 10.2. The van der Waals surface area contributed by atoms with E-state index in [0.29, 0.717) is 23.0 Å². The van der Waals surface area contributed by atoms with Crippen molar-refractivity contribution in [1.29, 1.82) is 0 Å². The van der Waals surface area contributed by atoms with E-state index in [9.17, 15) is 8.42 Å². The largest absolute Gasteiger partial charge is 0.361 e. The molecule has 0 fully saturated rings. The van der Waals surface area contributed by atoms with Gasteiger partial charge in [-0.3, -0.25) is 5.43 Å². The lowest BCUT2D eigenvalue weighted by Crippen LogP contribution is -2.16. The molecule has 0 bridgehead atoms. The van der Waals surface area contributed by atoms with Gasteiger partial charge in [0.1, 0.15) is 5.82 Å². The Bertz CT molecular complexity index is 1620. The fourth-order valence-electron chi connectivity index (χ4n) is 3.64. The molecule has 34 heavy (non-hydrogen) atoms. The van der Waals surface area contributed by atoms with E-state index in [1.54, 1.807) is 67.2 Å². The summed E-state index contributed by atoms with van der Waals surface area (Å²) in [6, 6.07) is 18.3. The molecule has 3 N–H and O–H groups in total. The Labute approximate surface area is 196 Å². The quantitative estimate of drug-likeness (QED) is 0.235. The molecule has 5 aromatic rings. The number of fused-ring (bicyclic) bond motifs is 2. The number of H-pyrrole nitrogens is 1. The number of sulfone groups is 1. The van der Waals surface area contributed by atoms with Crippen LogP contribution in [0.4, 0.5) is 17.3 Å². The highest BCUT2D eigenvalue weighted by Gasteiger charge is 2.23. The number of rotatable bonds is 7. The summed E-state index contributed by atoms with van der Waals surface area (Å²) in [7, 11) is -3.48. The summed E-state index contributed by atoms with van der Waals surface area (Å²) in [4.78, 5) is 7.97. The predicted octanol–water partition coefficient (Wildman–Crippen LogP) is 4.58. The molecule has 2 aromatic carbocycles. The minimum atomic E-state index is -3.48. The Hall–Kier alpha value is -4.18. The van der Waals surface area contributed by atoms with Gasteiger partial charge in [0.15, 0.2) is 21.3 Å². The van der Waals surface area contributed by atoms with Crippen LogP contribution in [0.2, 0.25) is 0 Å². The number of para-hydroxylation sites is 2. The molecule has 0 radical (unpaired) electrons. The molecule has 0 amide bonds. The fraction of sp³-hybridized carbons (Fsp3) is 0.125. The van der Waals surface area contributed by atoms with Crippen LogP contribution in [0.3, 0.4) is 0 Å². The monoisotopic (exact) mass is 473 g/mol. The third kappa shape index (κ3) is 3.99. The predicted molar refractivity (Wildman–Crippen MR) is 135 cm³/mol. The summed E-state index contributed by atoms with van der Waals surface area (Å²) in [6.07, 6.45) is 5.24. The van der Waals surface area contributed by atoms with E-state index in [1.165, 1.54) is 0 Å². The maximum atomic E-state index is 12.9. The van der Waals surface area contributed by atoms with Crippen LogP contribution < -0.4 is 10.7 Å². The molecular weight excluding hydrogens is 450 g/mol. The highest BCUT2D eigenvalue weighted by Crippen LogP contribution is 2.28. The highest BCUT2D eigenvalue weighted by atomic mass is 32.2. The number of anilines is 3. The average Bonchev–Trinajstić information content (AvgIpc) is 3.47. The number of hydrogen-bond acceptors (Lipinski definition) is 7. The van der Waals surface area contributed by atoms with E-state index in [4.69, 9.17) is 0 Å². The van der Waals surface area contributed by atoms with E-state index in [-0.39, 0.29) is 4.90 Å². The van der Waals surface area contributed by atoms with E-state index in [0.717, 1.165) is 16.5 Å². The number of nitrogens with zero attached hydrogens (tertiary/aromatic N) is 4. The fourth-order valence-corrected chi connectivity index (χ4v) is 4.84. The molecule has 0 aliphatic heterocycles. The number of benzene rings is 2. The molecular formula is C24H23N7O2S. The number of nitrogens with one attached hydrogen (secondary N) is 3. The van der Waals surface area contributed by atoms with Crippen molar-refractivity contribution < 1.29 is 8.42 Å². The normalized spacial score (nSPS) is 12.2. The maximum Gasteiger partial charge on any atom is 0.182 e. The zero-order chi connectivity index (χ0) is 23.7. The van der Waals surface area contributed by atoms with Crippen LogP contribution in [-0.2, 0) is 9.84 Å². The number of hydrogen-bond donors (Lipinski definition) is 3. The first kappa shape index (κ1) is 21.7. The summed E-state index contributed by atoms with van der Waals surface area (Å²) >= 11 is 0. The van der Waals surface area contributed by atoms with E-state index in [2.05, 4.69) is 30.9 Å². The zero-order valence-corrected chi connectivity index (χ0v) is 19.4. The summed E-state index contributed by atoms with van der Waals surface area (Å²) in [5.74, 6) is 1.03. The number of hydrazone groups is 1. The van der Waals surface area contributed by atoms with E-state index >= 15 is 0 Å². The molecule has 10 heteroatoms. The van der Waals surface area contributed by atoms with Gasteiger partial charge in [0.2, 0.25) is 0 Å². The molecule has 0 saturated carbocycles. The van der Waals surface area contributed by atoms with Crippen molar-refractivity contribution in [3.8, 4) is 0 Å². The Morgan fingerprint density at radius 1 is 1.09 bits per heavy atom. The van der Waals surface area contributed by atoms with Gasteiger partial charge < -0.3 is 10.3 Å². The van der Waals surface area contributed by atoms with Gasteiger partial charge in [-0.05, 0) is 32.0 Å². The molecule has 3 aromatic heterocycles. The zero-order valence-electron chi connectivity index (χ0n) is 18.6. The summed E-state index contributed by atoms with van der Waals surface area (Å²) in [6.45, 7) is 3.33. The summed E-state index contributed by atoms with van der Waals surface area (Å²) < 4.78 is 27.3. The molecule has 0 aliphatic rings. The van der Waals surface area contributed by atoms with Gasteiger partial charge in [-0.15, -0.1) is 0 Å². The van der Waals surface area contributed by atoms with Crippen LogP contribution in [-0.4, -0.2) is 39.5 Å². The van der Waals surface area contributed by atoms with Crippen molar-refractivity contribution in [3.05, 3.63) is 78.6 Å². The lowest BCUT2D eigenvalue weighted by Gasteiger charge is -2.15. The van der Waals surface area contributed by atoms with Gasteiger partial charge >= 0.3 is 0 Å². The number of aromatic nitrogens is 4. The molecule has 3 heterocycles. The van der Waals surface area contributed by atoms with Crippen molar-refractivity contribution in [3.63, 3.8) is 0 Å². The second-order valence-corrected chi connectivity index (χ2v) is 10.5. The first-order valence-electron chi connectivity index (χ1n) is 10.7. The molecule has 0 aliphatic carbocycles. The summed E-state index contributed by atoms with van der Waals surface area (Å²) in [5, 5.41) is 12.4. The third-order valence-corrected chi connectivity index (χ3v) is 7.65. The van der Waals surface area contributed by atoms with Gasteiger partial charge in [-0.2, -0.15) is 14.7 Å². The van der Waals surface area contributed by atoms with E-state index < -0.39 is 15.1 Å². The standard InChI is InChI=1S/C24H23N7O2S/c1-16(2)34(32,33)21-10-6-5-9-20(21)28-24-13-22(29-23-11-12-27-31(23)24)30-26-15-17-14-25-19-8-4-3-7-18(17)19/h3-16,25,28H,1-2H3,(H,29,30). The molecule has 172 valence electrons. The topological polar surface area (TPSA) is 117 Å². The van der Waals surface area contributed by atoms with Gasteiger partial charge in [-0.25, -0.2) is 13.4 Å². The van der Waals surface area contributed by atoms with Crippen molar-refractivity contribution in [1.82, 2.24) is 19.6 Å². The summed E-state index contributed by atoms with van der Waals surface area (Å²) in [5.41, 5.74) is 5.99. The Kier molecular flexibility index (Phi) is 5.50. The van der Waals surface area contributed by atoms with Crippen LogP contribution in [0.5, 0.6) is 0 Å². The van der Waals surface area contributed by atoms with E-state index in [1.807, 2.05) is 30.5 Å². The lowest BCUT2D eigenvalue weighted by molar-refractivity contribution is 0.588. The van der Waals surface area contributed by atoms with Crippen molar-refractivity contribution >= 4 is 49.9 Å². The van der Waals surface area contributed by atoms with Gasteiger partial charge in [0.05, 0.1) is 28.2 Å².